The van der Waals surface area contributed by atoms with Crippen LogP contribution in [-0.2, 0) is 24.1 Å². The summed E-state index contributed by atoms with van der Waals surface area (Å²) in [7, 11) is -0.892. The zero-order valence-electron chi connectivity index (χ0n) is 34.9. The van der Waals surface area contributed by atoms with Crippen LogP contribution in [0.15, 0.2) is 272 Å². The normalized spacial score (nSPS) is 10.3. The van der Waals surface area contributed by atoms with Gasteiger partial charge in [0.05, 0.1) is 5.69 Å². The number of aromatic nitrogens is 1. The SMILES string of the molecule is O=C(N/N=C(/c1ccccc1)c1ccccn1)c1ccccc1.[C-]#[O+].[Ru+2].c1ccc(P(c2ccccc2)c2ccccc2)cc1.c1ccc(P(c2ccccc2)c2ccccc2)cc1. The van der Waals surface area contributed by atoms with Crippen LogP contribution in [-0.4, -0.2) is 16.6 Å². The summed E-state index contributed by atoms with van der Waals surface area (Å²) in [6.07, 6.45) is 1.70. The van der Waals surface area contributed by atoms with Crippen molar-refractivity contribution in [2.24, 2.45) is 5.10 Å². The molecular weight excluding hydrogens is 910 g/mol. The van der Waals surface area contributed by atoms with Crippen molar-refractivity contribution in [1.82, 2.24) is 10.4 Å². The largest absolute Gasteiger partial charge is 2.00 e. The van der Waals surface area contributed by atoms with Crippen molar-refractivity contribution in [2.75, 3.05) is 0 Å². The summed E-state index contributed by atoms with van der Waals surface area (Å²) in [4.78, 5) is 16.5. The number of nitrogens with zero attached hydrogens (tertiary/aromatic N) is 2. The molecule has 0 saturated heterocycles. The first-order chi connectivity index (χ1) is 31.2. The van der Waals surface area contributed by atoms with Crippen LogP contribution < -0.4 is 37.3 Å². The Morgan fingerprint density at radius 2 is 0.656 bits per heavy atom. The molecule has 0 fully saturated rings. The monoisotopic (exact) mass is 955 g/mol. The van der Waals surface area contributed by atoms with Crippen molar-refractivity contribution in [3.05, 3.63) is 291 Å². The molecule has 0 unspecified atom stereocenters. The quantitative estimate of drug-likeness (QED) is 0.0371. The van der Waals surface area contributed by atoms with Crippen LogP contribution in [0.5, 0.6) is 0 Å². The molecule has 1 amide bonds. The second-order valence-corrected chi connectivity index (χ2v) is 18.0. The van der Waals surface area contributed by atoms with Gasteiger partial charge in [-0.3, -0.25) is 9.78 Å². The molecule has 0 radical (unpaired) electrons. The summed E-state index contributed by atoms with van der Waals surface area (Å²) in [6.45, 7) is 4.50. The molecule has 1 N–H and O–H groups in total. The van der Waals surface area contributed by atoms with Crippen LogP contribution >= 0.6 is 15.8 Å². The van der Waals surface area contributed by atoms with E-state index in [2.05, 4.69) is 204 Å². The maximum atomic E-state index is 12.2. The van der Waals surface area contributed by atoms with E-state index in [9.17, 15) is 4.79 Å². The van der Waals surface area contributed by atoms with Gasteiger partial charge in [0, 0.05) is 17.3 Å². The van der Waals surface area contributed by atoms with E-state index in [0.717, 1.165) is 5.56 Å². The minimum atomic E-state index is -0.446. The van der Waals surface area contributed by atoms with Gasteiger partial charge in [-0.1, -0.05) is 237 Å². The van der Waals surface area contributed by atoms with Crippen LogP contribution in [0, 0.1) is 6.65 Å². The van der Waals surface area contributed by atoms with Crippen LogP contribution in [0.3, 0.4) is 0 Å². The Balaban J connectivity index is 0.000000177. The molecule has 0 spiro atoms. The van der Waals surface area contributed by atoms with E-state index in [-0.39, 0.29) is 25.4 Å². The maximum absolute atomic E-state index is 12.2. The van der Waals surface area contributed by atoms with Gasteiger partial charge in [0.1, 0.15) is 5.71 Å². The predicted molar refractivity (Wildman–Crippen MR) is 264 cm³/mol. The first-order valence-corrected chi connectivity index (χ1v) is 22.9. The Hall–Kier alpha value is -6.73. The Kier molecular flexibility index (Phi) is 20.6. The molecular formula is C56H45N3O2P2Ru+2. The van der Waals surface area contributed by atoms with Gasteiger partial charge in [0.25, 0.3) is 5.91 Å². The molecule has 0 bridgehead atoms. The van der Waals surface area contributed by atoms with E-state index in [4.69, 9.17) is 4.65 Å². The molecule has 0 aliphatic carbocycles. The van der Waals surface area contributed by atoms with Crippen molar-refractivity contribution < 1.29 is 28.9 Å². The number of amides is 1. The van der Waals surface area contributed by atoms with Crippen molar-refractivity contribution in [2.45, 2.75) is 0 Å². The van der Waals surface area contributed by atoms with Crippen molar-refractivity contribution >= 4 is 59.3 Å². The summed E-state index contributed by atoms with van der Waals surface area (Å²) in [5.41, 5.74) is 5.38. The topological polar surface area (TPSA) is 74.2 Å². The van der Waals surface area contributed by atoms with Crippen LogP contribution in [0.1, 0.15) is 21.6 Å². The number of hydrazone groups is 1. The van der Waals surface area contributed by atoms with Gasteiger partial charge >= 0.3 is 30.8 Å². The summed E-state index contributed by atoms with van der Waals surface area (Å²) in [5.74, 6) is -0.255. The fraction of sp³-hybridized carbons (Fsp3) is 0. The molecule has 0 saturated carbocycles. The molecule has 9 rings (SSSR count). The zero-order chi connectivity index (χ0) is 43.7. The molecule has 64 heavy (non-hydrogen) atoms. The fourth-order valence-electron chi connectivity index (χ4n) is 6.49. The number of rotatable bonds is 10. The average molecular weight is 955 g/mol. The number of nitrogens with one attached hydrogen (secondary N) is 1. The zero-order valence-corrected chi connectivity index (χ0v) is 38.4. The first-order valence-electron chi connectivity index (χ1n) is 20.3. The van der Waals surface area contributed by atoms with Crippen molar-refractivity contribution in [1.29, 1.82) is 0 Å². The van der Waals surface area contributed by atoms with E-state index in [1.807, 2.05) is 66.7 Å². The molecule has 0 aliphatic heterocycles. The van der Waals surface area contributed by atoms with Gasteiger partial charge in [-0.15, -0.1) is 0 Å². The fourth-order valence-corrected chi connectivity index (χ4v) is 11.1. The van der Waals surface area contributed by atoms with Crippen LogP contribution in [0.2, 0.25) is 0 Å². The minimum Gasteiger partial charge on any atom is -0.0622 e. The smallest absolute Gasteiger partial charge is 0.0622 e. The number of hydrogen-bond acceptors (Lipinski definition) is 3. The Morgan fingerprint density at radius 1 is 0.391 bits per heavy atom. The molecule has 8 heteroatoms. The van der Waals surface area contributed by atoms with E-state index >= 15 is 0 Å². The van der Waals surface area contributed by atoms with Crippen LogP contribution in [0.4, 0.5) is 0 Å². The number of pyridine rings is 1. The van der Waals surface area contributed by atoms with Crippen molar-refractivity contribution in [3.63, 3.8) is 0 Å². The van der Waals surface area contributed by atoms with E-state index in [0.29, 0.717) is 17.0 Å². The van der Waals surface area contributed by atoms with Crippen LogP contribution in [0.25, 0.3) is 0 Å². The third-order valence-electron chi connectivity index (χ3n) is 9.35. The minimum absolute atomic E-state index is 0. The third kappa shape index (κ3) is 14.4. The average Bonchev–Trinajstić information content (AvgIpc) is 3.38. The van der Waals surface area contributed by atoms with Gasteiger partial charge < -0.3 is 0 Å². The first kappa shape index (κ1) is 48.3. The van der Waals surface area contributed by atoms with Gasteiger partial charge in [-0.25, -0.2) is 5.43 Å². The summed E-state index contributed by atoms with van der Waals surface area (Å²) >= 11 is 0. The second kappa shape index (κ2) is 27.4. The number of benzene rings is 8. The van der Waals surface area contributed by atoms with Gasteiger partial charge in [0.2, 0.25) is 0 Å². The van der Waals surface area contributed by atoms with Crippen molar-refractivity contribution in [3.8, 4) is 0 Å². The number of carbonyl (C=O) groups excluding carboxylic acids is 1. The van der Waals surface area contributed by atoms with Gasteiger partial charge in [0.15, 0.2) is 0 Å². The van der Waals surface area contributed by atoms with E-state index in [1.165, 1.54) is 31.8 Å². The second-order valence-electron chi connectivity index (χ2n) is 13.5. The third-order valence-corrected chi connectivity index (χ3v) is 14.2. The predicted octanol–water partition coefficient (Wildman–Crippen LogP) is 10.1. The molecule has 9 aromatic rings. The van der Waals surface area contributed by atoms with Gasteiger partial charge in [-0.2, -0.15) is 5.10 Å². The number of carbonyl (C=O) groups is 1. The molecule has 0 atom stereocenters. The Morgan fingerprint density at radius 3 is 0.938 bits per heavy atom. The molecule has 312 valence electrons. The van der Waals surface area contributed by atoms with E-state index in [1.54, 1.807) is 18.3 Å². The summed E-state index contributed by atoms with van der Waals surface area (Å²) < 4.78 is 7.50. The molecule has 5 nitrogen and oxygen atoms in total. The van der Waals surface area contributed by atoms with E-state index < -0.39 is 15.8 Å². The maximum Gasteiger partial charge on any atom is 2.00 e. The summed E-state index contributed by atoms with van der Waals surface area (Å²) in [6, 6.07) is 88.9. The molecule has 1 aromatic heterocycles. The molecule has 0 aliphatic rings. The molecule has 8 aromatic carbocycles. The molecule has 1 heterocycles. The van der Waals surface area contributed by atoms with Gasteiger partial charge in [-0.05, 0) is 71.9 Å². The Bertz CT molecular complexity index is 2360. The summed E-state index contributed by atoms with van der Waals surface area (Å²) in [5, 5.41) is 12.7. The number of hydrogen-bond donors (Lipinski definition) is 1. The Labute approximate surface area is 392 Å². The standard InChI is InChI=1S/C19H15N3O.2C18H15P.CO.Ru/c23-19(16-11-5-2-6-12-16)22-21-18(15-9-3-1-4-10-15)17-13-7-8-14-20-17;2*1-4-10-16(11-5-1)19(17-12-6-2-7-13-17)18-14-8-3-9-15-18;1-2;/h1-14H,(H,22,23);2*1-15H;;/q;;;;+2/b21-18-;;;;.